The van der Waals surface area contributed by atoms with E-state index in [1.54, 1.807) is 17.0 Å². The SMILES string of the molecule is CC(=O)OC[C@H](C)C1=C[C@H](C#C[Si](C)(C)C)N(C(=O)Oc2ccccc2)c2ccccc21. The molecule has 0 unspecified atom stereocenters. The highest BCUT2D eigenvalue weighted by Crippen LogP contribution is 2.38. The molecule has 2 aromatic carbocycles. The normalized spacial score (nSPS) is 16.1. The predicted molar refractivity (Wildman–Crippen MR) is 130 cm³/mol. The zero-order valence-electron chi connectivity index (χ0n) is 19.2. The van der Waals surface area contributed by atoms with Gasteiger partial charge in [-0.15, -0.1) is 5.54 Å². The molecule has 6 heteroatoms. The number of carbonyl (C=O) groups excluding carboxylic acids is 2. The van der Waals surface area contributed by atoms with Crippen LogP contribution >= 0.6 is 0 Å². The van der Waals surface area contributed by atoms with Crippen LogP contribution in [0.3, 0.4) is 0 Å². The number of anilines is 1. The van der Waals surface area contributed by atoms with Gasteiger partial charge in [0.2, 0.25) is 0 Å². The number of carbonyl (C=O) groups is 2. The van der Waals surface area contributed by atoms with Gasteiger partial charge in [0, 0.05) is 18.4 Å². The van der Waals surface area contributed by atoms with Gasteiger partial charge in [0.1, 0.15) is 19.9 Å². The van der Waals surface area contributed by atoms with E-state index in [9.17, 15) is 9.59 Å². The van der Waals surface area contributed by atoms with E-state index in [0.717, 1.165) is 16.8 Å². The molecular formula is C26H29NO4Si. The highest BCUT2D eigenvalue weighted by Gasteiger charge is 2.33. The van der Waals surface area contributed by atoms with Crippen molar-refractivity contribution in [1.82, 2.24) is 0 Å². The number of rotatable bonds is 4. The average molecular weight is 448 g/mol. The summed E-state index contributed by atoms with van der Waals surface area (Å²) in [5.74, 6) is 3.43. The Hall–Kier alpha value is -3.30. The molecule has 3 rings (SSSR count). The third kappa shape index (κ3) is 5.89. The molecule has 0 fully saturated rings. The zero-order chi connectivity index (χ0) is 23.3. The molecule has 2 aromatic rings. The summed E-state index contributed by atoms with van der Waals surface area (Å²) in [6.45, 7) is 10.2. The summed E-state index contributed by atoms with van der Waals surface area (Å²) in [4.78, 5) is 26.3. The highest BCUT2D eigenvalue weighted by molar-refractivity contribution is 6.83. The van der Waals surface area contributed by atoms with Crippen molar-refractivity contribution in [2.45, 2.75) is 39.5 Å². The summed E-state index contributed by atoms with van der Waals surface area (Å²) >= 11 is 0. The van der Waals surface area contributed by atoms with Crippen LogP contribution in [0.2, 0.25) is 19.6 Å². The third-order valence-corrected chi connectivity index (χ3v) is 5.79. The van der Waals surface area contributed by atoms with E-state index in [1.807, 2.05) is 55.5 Å². The van der Waals surface area contributed by atoms with Crippen molar-refractivity contribution in [3.05, 3.63) is 66.2 Å². The monoisotopic (exact) mass is 447 g/mol. The molecule has 0 aliphatic carbocycles. The molecule has 166 valence electrons. The lowest BCUT2D eigenvalue weighted by Gasteiger charge is -2.34. The van der Waals surface area contributed by atoms with Gasteiger partial charge in [0.05, 0.1) is 12.3 Å². The molecule has 32 heavy (non-hydrogen) atoms. The smallest absolute Gasteiger partial charge is 0.421 e. The van der Waals surface area contributed by atoms with E-state index >= 15 is 0 Å². The summed E-state index contributed by atoms with van der Waals surface area (Å²) < 4.78 is 10.9. The quantitative estimate of drug-likeness (QED) is 0.351. The fraction of sp³-hybridized carbons (Fsp3) is 0.308. The Bertz CT molecular complexity index is 1080. The first-order valence-corrected chi connectivity index (χ1v) is 14.2. The number of amides is 1. The van der Waals surface area contributed by atoms with Gasteiger partial charge >= 0.3 is 12.1 Å². The summed E-state index contributed by atoms with van der Waals surface area (Å²) in [6.07, 6.45) is 1.51. The molecule has 2 atom stereocenters. The van der Waals surface area contributed by atoms with Gasteiger partial charge < -0.3 is 9.47 Å². The zero-order valence-corrected chi connectivity index (χ0v) is 20.2. The van der Waals surface area contributed by atoms with Crippen molar-refractivity contribution in [2.24, 2.45) is 5.92 Å². The molecule has 1 aliphatic rings. The van der Waals surface area contributed by atoms with Crippen molar-refractivity contribution < 1.29 is 19.1 Å². The fourth-order valence-electron chi connectivity index (χ4n) is 3.42. The second kappa shape index (κ2) is 9.88. The molecule has 0 radical (unpaired) electrons. The van der Waals surface area contributed by atoms with Crippen molar-refractivity contribution >= 4 is 31.4 Å². The van der Waals surface area contributed by atoms with Gasteiger partial charge in [0.15, 0.2) is 0 Å². The average Bonchev–Trinajstić information content (AvgIpc) is 2.75. The van der Waals surface area contributed by atoms with Gasteiger partial charge in [-0.25, -0.2) is 4.79 Å². The van der Waals surface area contributed by atoms with Crippen LogP contribution in [0.5, 0.6) is 5.75 Å². The Balaban J connectivity index is 2.05. The van der Waals surface area contributed by atoms with Crippen LogP contribution < -0.4 is 9.64 Å². The first-order chi connectivity index (χ1) is 15.2. The van der Waals surface area contributed by atoms with E-state index in [1.165, 1.54) is 6.92 Å². The van der Waals surface area contributed by atoms with E-state index in [2.05, 4.69) is 31.1 Å². The van der Waals surface area contributed by atoms with Gasteiger partial charge in [0.25, 0.3) is 0 Å². The van der Waals surface area contributed by atoms with Crippen LogP contribution in [-0.2, 0) is 9.53 Å². The van der Waals surface area contributed by atoms with Crippen LogP contribution in [0.4, 0.5) is 10.5 Å². The molecule has 5 nitrogen and oxygen atoms in total. The van der Waals surface area contributed by atoms with E-state index < -0.39 is 20.2 Å². The Morgan fingerprint density at radius 1 is 1.06 bits per heavy atom. The second-order valence-corrected chi connectivity index (χ2v) is 13.6. The highest BCUT2D eigenvalue weighted by atomic mass is 28.3. The number of hydrogen-bond acceptors (Lipinski definition) is 4. The molecule has 0 aromatic heterocycles. The molecule has 0 spiro atoms. The summed E-state index contributed by atoms with van der Waals surface area (Å²) in [5, 5.41) is 0. The van der Waals surface area contributed by atoms with Crippen LogP contribution in [0.1, 0.15) is 19.4 Å². The first-order valence-electron chi connectivity index (χ1n) is 10.7. The number of benzene rings is 2. The van der Waals surface area contributed by atoms with Gasteiger partial charge in [-0.2, -0.15) is 0 Å². The Labute approximate surface area is 191 Å². The topological polar surface area (TPSA) is 55.8 Å². The predicted octanol–water partition coefficient (Wildman–Crippen LogP) is 5.54. The van der Waals surface area contributed by atoms with E-state index in [4.69, 9.17) is 9.47 Å². The fourth-order valence-corrected chi connectivity index (χ4v) is 4.00. The molecule has 1 aliphatic heterocycles. The van der Waals surface area contributed by atoms with Crippen molar-refractivity contribution in [3.8, 4) is 17.2 Å². The van der Waals surface area contributed by atoms with Crippen LogP contribution in [0.15, 0.2) is 60.7 Å². The van der Waals surface area contributed by atoms with Crippen LogP contribution in [-0.4, -0.2) is 32.8 Å². The second-order valence-electron chi connectivity index (χ2n) is 8.86. The minimum Gasteiger partial charge on any atom is -0.465 e. The van der Waals surface area contributed by atoms with Gasteiger partial charge in [-0.3, -0.25) is 9.69 Å². The maximum Gasteiger partial charge on any atom is 0.421 e. The molecule has 1 amide bonds. The number of para-hydroxylation sites is 2. The van der Waals surface area contributed by atoms with E-state index in [0.29, 0.717) is 5.75 Å². The maximum absolute atomic E-state index is 13.3. The summed E-state index contributed by atoms with van der Waals surface area (Å²) in [6, 6.07) is 16.2. The number of nitrogens with zero attached hydrogens (tertiary/aromatic N) is 1. The minimum atomic E-state index is -1.69. The number of ether oxygens (including phenoxy) is 2. The lowest BCUT2D eigenvalue weighted by atomic mass is 9.88. The summed E-state index contributed by atoms with van der Waals surface area (Å²) in [5.41, 5.74) is 6.03. The number of esters is 1. The molecule has 0 bridgehead atoms. The third-order valence-electron chi connectivity index (χ3n) is 4.90. The Morgan fingerprint density at radius 2 is 1.72 bits per heavy atom. The lowest BCUT2D eigenvalue weighted by Crippen LogP contribution is -2.43. The Morgan fingerprint density at radius 3 is 2.38 bits per heavy atom. The molecule has 0 N–H and O–H groups in total. The number of hydrogen-bond donors (Lipinski definition) is 0. The van der Waals surface area contributed by atoms with Gasteiger partial charge in [-0.1, -0.05) is 68.9 Å². The minimum absolute atomic E-state index is 0.0523. The molecule has 0 saturated heterocycles. The van der Waals surface area contributed by atoms with Crippen molar-refractivity contribution in [1.29, 1.82) is 0 Å². The maximum atomic E-state index is 13.3. The van der Waals surface area contributed by atoms with Gasteiger partial charge in [-0.05, 0) is 29.8 Å². The van der Waals surface area contributed by atoms with Crippen molar-refractivity contribution in [3.63, 3.8) is 0 Å². The Kier molecular flexibility index (Phi) is 7.21. The summed E-state index contributed by atoms with van der Waals surface area (Å²) in [7, 11) is -1.69. The molecular weight excluding hydrogens is 418 g/mol. The molecule has 0 saturated carbocycles. The lowest BCUT2D eigenvalue weighted by molar-refractivity contribution is -0.141. The molecule has 1 heterocycles. The van der Waals surface area contributed by atoms with Crippen LogP contribution in [0, 0.1) is 17.4 Å². The largest absolute Gasteiger partial charge is 0.465 e. The van der Waals surface area contributed by atoms with Crippen molar-refractivity contribution in [2.75, 3.05) is 11.5 Å². The van der Waals surface area contributed by atoms with Crippen LogP contribution in [0.25, 0.3) is 5.57 Å². The van der Waals surface area contributed by atoms with E-state index in [-0.39, 0.29) is 18.5 Å². The first kappa shape index (κ1) is 23.4. The number of fused-ring (bicyclic) bond motifs is 1. The standard InChI is InChI=1S/C26H29NO4Si/c1-19(18-30-20(2)28)24-17-21(15-16-32(3,4)5)27(25-14-10-9-13-23(24)25)26(29)31-22-11-7-6-8-12-22/h6-14,17,19,21H,18H2,1-5H3/t19-,21-/m0/s1.